The minimum absolute atomic E-state index is 0.00579. The Bertz CT molecular complexity index is 1190. The quantitative estimate of drug-likeness (QED) is 0.379. The lowest BCUT2D eigenvalue weighted by molar-refractivity contribution is -0.385. The number of nitrogens with one attached hydrogen (secondary N) is 1. The summed E-state index contributed by atoms with van der Waals surface area (Å²) in [6, 6.07) is 15.9. The summed E-state index contributed by atoms with van der Waals surface area (Å²) < 4.78 is 10.9. The number of ether oxygens (including phenoxy) is 2. The second-order valence-electron chi connectivity index (χ2n) is 5.89. The van der Waals surface area contributed by atoms with Gasteiger partial charge in [-0.05, 0) is 36.4 Å². The molecule has 0 aliphatic carbocycles. The molecule has 144 valence electrons. The van der Waals surface area contributed by atoms with Crippen LogP contribution in [0.5, 0.6) is 17.4 Å². The van der Waals surface area contributed by atoms with E-state index >= 15 is 0 Å². The number of para-hydroxylation sites is 2. The molecule has 4 aromatic rings. The fraction of sp³-hybridized carbons (Fsp3) is 0.0500. The van der Waals surface area contributed by atoms with Gasteiger partial charge in [-0.15, -0.1) is 0 Å². The second kappa shape index (κ2) is 7.77. The highest BCUT2D eigenvalue weighted by molar-refractivity contribution is 5.93. The maximum absolute atomic E-state index is 11.8. The number of hydrogen-bond donors (Lipinski definition) is 1. The first-order chi connectivity index (χ1) is 14.2. The fourth-order valence-electron chi connectivity index (χ4n) is 2.84. The predicted molar refractivity (Wildman–Crippen MR) is 107 cm³/mol. The molecule has 0 saturated carbocycles. The van der Waals surface area contributed by atoms with E-state index in [1.54, 1.807) is 48.7 Å². The molecule has 9 nitrogen and oxygen atoms in total. The van der Waals surface area contributed by atoms with Crippen molar-refractivity contribution in [3.63, 3.8) is 0 Å². The molecule has 0 saturated heterocycles. The number of fused-ring (bicyclic) bond motifs is 1. The zero-order chi connectivity index (χ0) is 20.2. The molecule has 0 radical (unpaired) electrons. The molecule has 29 heavy (non-hydrogen) atoms. The minimum atomic E-state index is -0.587. The number of nitro groups is 1. The van der Waals surface area contributed by atoms with Crippen molar-refractivity contribution >= 4 is 28.1 Å². The van der Waals surface area contributed by atoms with Crippen LogP contribution in [-0.2, 0) is 0 Å². The summed E-state index contributed by atoms with van der Waals surface area (Å²) in [5, 5.41) is 15.6. The Hall–Kier alpha value is -4.27. The molecule has 0 bridgehead atoms. The first-order valence-corrected chi connectivity index (χ1v) is 8.58. The zero-order valence-electron chi connectivity index (χ0n) is 15.3. The Morgan fingerprint density at radius 2 is 1.79 bits per heavy atom. The molecule has 0 fully saturated rings. The molecule has 0 amide bonds. The Labute approximate surface area is 165 Å². The summed E-state index contributed by atoms with van der Waals surface area (Å²) >= 11 is 0. The van der Waals surface area contributed by atoms with Crippen molar-refractivity contribution in [3.05, 3.63) is 77.2 Å². The van der Waals surface area contributed by atoms with Gasteiger partial charge in [0.15, 0.2) is 11.5 Å². The summed E-state index contributed by atoms with van der Waals surface area (Å²) in [5.74, 6) is 0.536. The van der Waals surface area contributed by atoms with Gasteiger partial charge < -0.3 is 14.8 Å². The first kappa shape index (κ1) is 18.1. The number of methoxy groups -OCH3 is 1. The van der Waals surface area contributed by atoms with Crippen molar-refractivity contribution in [1.82, 2.24) is 15.0 Å². The van der Waals surface area contributed by atoms with E-state index in [1.807, 2.05) is 12.1 Å². The lowest BCUT2D eigenvalue weighted by Crippen LogP contribution is -2.04. The smallest absolute Gasteiger partial charge is 0.373 e. The molecule has 0 aliphatic heterocycles. The number of pyridine rings is 1. The normalized spacial score (nSPS) is 10.5. The highest BCUT2D eigenvalue weighted by atomic mass is 16.6. The predicted octanol–water partition coefficient (Wildman–Crippen LogP) is 4.48. The van der Waals surface area contributed by atoms with Gasteiger partial charge in [-0.1, -0.05) is 18.2 Å². The lowest BCUT2D eigenvalue weighted by atomic mass is 10.2. The topological polar surface area (TPSA) is 112 Å². The zero-order valence-corrected chi connectivity index (χ0v) is 15.3. The van der Waals surface area contributed by atoms with Crippen molar-refractivity contribution < 1.29 is 14.4 Å². The molecule has 0 atom stereocenters. The largest absolute Gasteiger partial charge is 0.493 e. The van der Waals surface area contributed by atoms with Crippen molar-refractivity contribution in [3.8, 4) is 17.4 Å². The van der Waals surface area contributed by atoms with Crippen LogP contribution >= 0.6 is 0 Å². The molecule has 1 N–H and O–H groups in total. The van der Waals surface area contributed by atoms with E-state index in [2.05, 4.69) is 20.3 Å². The van der Waals surface area contributed by atoms with E-state index in [9.17, 15) is 10.1 Å². The summed E-state index contributed by atoms with van der Waals surface area (Å²) in [6.45, 7) is 0. The van der Waals surface area contributed by atoms with Gasteiger partial charge in [0.1, 0.15) is 6.33 Å². The Balaban J connectivity index is 1.77. The van der Waals surface area contributed by atoms with Gasteiger partial charge in [-0.3, -0.25) is 15.1 Å². The molecule has 0 spiro atoms. The van der Waals surface area contributed by atoms with Crippen molar-refractivity contribution in [2.45, 2.75) is 0 Å². The standard InChI is InChI=1S/C20H15N5O4/c1-28-16-9-2-3-10-17(16)29-20-18(25(26)27)19(22-12-23-20)24-15-8-4-7-14-13(15)6-5-11-21-14/h2-12H,1H3,(H,22,23,24). The average molecular weight is 389 g/mol. The maximum Gasteiger partial charge on any atom is 0.373 e. The molecule has 0 aliphatic rings. The van der Waals surface area contributed by atoms with Crippen molar-refractivity contribution in [2.75, 3.05) is 12.4 Å². The third-order valence-corrected chi connectivity index (χ3v) is 4.15. The summed E-state index contributed by atoms with van der Waals surface area (Å²) in [5.41, 5.74) is 0.986. The molecule has 4 rings (SSSR count). The van der Waals surface area contributed by atoms with Gasteiger partial charge >= 0.3 is 11.6 Å². The minimum Gasteiger partial charge on any atom is -0.493 e. The molecule has 2 heterocycles. The fourth-order valence-corrected chi connectivity index (χ4v) is 2.84. The van der Waals surface area contributed by atoms with Gasteiger partial charge in [-0.2, -0.15) is 4.98 Å². The maximum atomic E-state index is 11.8. The van der Waals surface area contributed by atoms with Crippen LogP contribution in [-0.4, -0.2) is 27.0 Å². The van der Waals surface area contributed by atoms with Crippen LogP contribution in [0.15, 0.2) is 67.1 Å². The Kier molecular flexibility index (Phi) is 4.85. The Morgan fingerprint density at radius 3 is 2.59 bits per heavy atom. The highest BCUT2D eigenvalue weighted by Crippen LogP contribution is 2.38. The van der Waals surface area contributed by atoms with Crippen LogP contribution in [0.25, 0.3) is 10.9 Å². The molecule has 9 heteroatoms. The number of rotatable bonds is 6. The van der Waals surface area contributed by atoms with Crippen molar-refractivity contribution in [1.29, 1.82) is 0 Å². The van der Waals surface area contributed by atoms with E-state index in [-0.39, 0.29) is 17.4 Å². The van der Waals surface area contributed by atoms with Gasteiger partial charge in [0.2, 0.25) is 5.82 Å². The summed E-state index contributed by atoms with van der Waals surface area (Å²) in [4.78, 5) is 23.5. The van der Waals surface area contributed by atoms with Crippen LogP contribution in [0.3, 0.4) is 0 Å². The van der Waals surface area contributed by atoms with Crippen molar-refractivity contribution in [2.24, 2.45) is 0 Å². The van der Waals surface area contributed by atoms with E-state index in [1.165, 1.54) is 13.4 Å². The average Bonchev–Trinajstić information content (AvgIpc) is 2.74. The molecule has 2 aromatic heterocycles. The number of anilines is 2. The van der Waals surface area contributed by atoms with Crippen LogP contribution in [0.2, 0.25) is 0 Å². The molecular formula is C20H15N5O4. The van der Waals surface area contributed by atoms with E-state index in [0.717, 1.165) is 10.9 Å². The number of benzene rings is 2. The summed E-state index contributed by atoms with van der Waals surface area (Å²) in [7, 11) is 1.48. The number of hydrogen-bond acceptors (Lipinski definition) is 8. The third-order valence-electron chi connectivity index (χ3n) is 4.15. The number of nitrogens with zero attached hydrogens (tertiary/aromatic N) is 4. The third kappa shape index (κ3) is 3.61. The SMILES string of the molecule is COc1ccccc1Oc1ncnc(Nc2cccc3ncccc23)c1[N+](=O)[O-]. The van der Waals surface area contributed by atoms with Gasteiger partial charge in [0, 0.05) is 17.3 Å². The highest BCUT2D eigenvalue weighted by Gasteiger charge is 2.26. The van der Waals surface area contributed by atoms with Gasteiger partial charge in [0.25, 0.3) is 0 Å². The second-order valence-corrected chi connectivity index (χ2v) is 5.89. The van der Waals surface area contributed by atoms with Crippen LogP contribution < -0.4 is 14.8 Å². The number of aromatic nitrogens is 3. The molecule has 2 aromatic carbocycles. The van der Waals surface area contributed by atoms with E-state index < -0.39 is 4.92 Å². The monoisotopic (exact) mass is 389 g/mol. The van der Waals surface area contributed by atoms with Crippen LogP contribution in [0.4, 0.5) is 17.2 Å². The lowest BCUT2D eigenvalue weighted by Gasteiger charge is -2.12. The molecular weight excluding hydrogens is 374 g/mol. The Morgan fingerprint density at radius 1 is 0.966 bits per heavy atom. The van der Waals surface area contributed by atoms with E-state index in [0.29, 0.717) is 17.2 Å². The van der Waals surface area contributed by atoms with Gasteiger partial charge in [0.05, 0.1) is 17.5 Å². The first-order valence-electron chi connectivity index (χ1n) is 8.58. The van der Waals surface area contributed by atoms with Crippen LogP contribution in [0, 0.1) is 10.1 Å². The van der Waals surface area contributed by atoms with Gasteiger partial charge in [-0.25, -0.2) is 4.98 Å². The van der Waals surface area contributed by atoms with E-state index in [4.69, 9.17) is 9.47 Å². The summed E-state index contributed by atoms with van der Waals surface area (Å²) in [6.07, 6.45) is 2.88. The van der Waals surface area contributed by atoms with Crippen LogP contribution in [0.1, 0.15) is 0 Å². The molecule has 0 unspecified atom stereocenters.